The highest BCUT2D eigenvalue weighted by Crippen LogP contribution is 2.36. The van der Waals surface area contributed by atoms with Gasteiger partial charge in [0, 0.05) is 17.8 Å². The summed E-state index contributed by atoms with van der Waals surface area (Å²) in [6.07, 6.45) is 5.93. The minimum absolute atomic E-state index is 0.0850. The van der Waals surface area contributed by atoms with Gasteiger partial charge in [0.25, 0.3) is 0 Å². The van der Waals surface area contributed by atoms with Crippen LogP contribution in [-0.2, 0) is 6.54 Å². The lowest BCUT2D eigenvalue weighted by Crippen LogP contribution is -2.40. The molecule has 6 heteroatoms. The summed E-state index contributed by atoms with van der Waals surface area (Å²) in [4.78, 5) is 11.8. The third kappa shape index (κ3) is 3.47. The van der Waals surface area contributed by atoms with Crippen molar-refractivity contribution in [3.05, 3.63) is 10.5 Å². The fourth-order valence-electron chi connectivity index (χ4n) is 2.99. The molecule has 0 spiro atoms. The summed E-state index contributed by atoms with van der Waals surface area (Å²) in [7, 11) is 2.04. The van der Waals surface area contributed by atoms with Gasteiger partial charge in [-0.05, 0) is 38.6 Å². The van der Waals surface area contributed by atoms with Crippen LogP contribution >= 0.6 is 11.8 Å². The van der Waals surface area contributed by atoms with E-state index in [4.69, 9.17) is 0 Å². The second kappa shape index (κ2) is 7.31. The van der Waals surface area contributed by atoms with Crippen LogP contribution in [0, 0.1) is 5.92 Å². The van der Waals surface area contributed by atoms with Crippen LogP contribution in [-0.4, -0.2) is 33.1 Å². The molecule has 3 atom stereocenters. The third-order valence-electron chi connectivity index (χ3n) is 4.28. The van der Waals surface area contributed by atoms with Crippen molar-refractivity contribution in [2.24, 2.45) is 5.92 Å². The number of rotatable bonds is 6. The molecule has 3 unspecified atom stereocenters. The molecular formula is C14H26N4OS. The number of aromatic nitrogens is 3. The van der Waals surface area contributed by atoms with Crippen molar-refractivity contribution in [1.29, 1.82) is 0 Å². The zero-order valence-electron chi connectivity index (χ0n) is 12.7. The van der Waals surface area contributed by atoms with Gasteiger partial charge in [0.15, 0.2) is 5.16 Å². The van der Waals surface area contributed by atoms with Crippen LogP contribution in [0.3, 0.4) is 0 Å². The summed E-state index contributed by atoms with van der Waals surface area (Å²) in [5, 5.41) is 11.6. The van der Waals surface area contributed by atoms with Gasteiger partial charge in [-0.3, -0.25) is 4.57 Å². The van der Waals surface area contributed by atoms with E-state index in [9.17, 15) is 4.79 Å². The minimum atomic E-state index is -0.0850. The molecule has 1 saturated carbocycles. The number of aromatic amines is 1. The molecule has 20 heavy (non-hydrogen) atoms. The molecule has 5 nitrogen and oxygen atoms in total. The van der Waals surface area contributed by atoms with Gasteiger partial charge < -0.3 is 5.32 Å². The summed E-state index contributed by atoms with van der Waals surface area (Å²) >= 11 is 1.76. The van der Waals surface area contributed by atoms with Crippen LogP contribution in [0.1, 0.15) is 46.0 Å². The molecule has 1 fully saturated rings. The molecule has 0 radical (unpaired) electrons. The standard InChI is InChI=1S/C14H26N4OS/c1-4-8-18-13(19)16-17-14(18)20-12-9-10(5-2)6-7-11(12)15-3/h10-12,15H,4-9H2,1-3H3,(H,16,19). The molecule has 1 aliphatic rings. The topological polar surface area (TPSA) is 62.7 Å². The lowest BCUT2D eigenvalue weighted by atomic mass is 9.84. The highest BCUT2D eigenvalue weighted by molar-refractivity contribution is 7.99. The van der Waals surface area contributed by atoms with Crippen molar-refractivity contribution in [3.8, 4) is 0 Å². The first-order chi connectivity index (χ1) is 9.69. The Hall–Kier alpha value is -0.750. The van der Waals surface area contributed by atoms with Crippen molar-refractivity contribution in [2.75, 3.05) is 7.05 Å². The summed E-state index contributed by atoms with van der Waals surface area (Å²) in [5.74, 6) is 0.808. The SMILES string of the molecule is CCCn1c(SC2CC(CC)CCC2NC)n[nH]c1=O. The van der Waals surface area contributed by atoms with Crippen LogP contribution in [0.4, 0.5) is 0 Å². The fraction of sp³-hybridized carbons (Fsp3) is 0.857. The number of nitrogens with one attached hydrogen (secondary N) is 2. The van der Waals surface area contributed by atoms with Crippen molar-refractivity contribution in [3.63, 3.8) is 0 Å². The highest BCUT2D eigenvalue weighted by atomic mass is 32.2. The van der Waals surface area contributed by atoms with Crippen LogP contribution in [0.5, 0.6) is 0 Å². The van der Waals surface area contributed by atoms with Gasteiger partial charge in [0.2, 0.25) is 0 Å². The summed E-state index contributed by atoms with van der Waals surface area (Å²) < 4.78 is 1.77. The molecule has 114 valence electrons. The predicted octanol–water partition coefficient (Wildman–Crippen LogP) is 2.24. The number of H-pyrrole nitrogens is 1. The van der Waals surface area contributed by atoms with E-state index in [2.05, 4.69) is 29.4 Å². The zero-order valence-corrected chi connectivity index (χ0v) is 13.5. The van der Waals surface area contributed by atoms with Crippen LogP contribution < -0.4 is 11.0 Å². The van der Waals surface area contributed by atoms with Crippen LogP contribution in [0.25, 0.3) is 0 Å². The predicted molar refractivity (Wildman–Crippen MR) is 83.3 cm³/mol. The van der Waals surface area contributed by atoms with Gasteiger partial charge in [-0.2, -0.15) is 0 Å². The Morgan fingerprint density at radius 2 is 2.25 bits per heavy atom. The maximum atomic E-state index is 11.8. The van der Waals surface area contributed by atoms with E-state index in [0.29, 0.717) is 11.3 Å². The summed E-state index contributed by atoms with van der Waals surface area (Å²) in [6.45, 7) is 5.09. The molecule has 0 saturated heterocycles. The Bertz CT molecular complexity index is 470. The molecule has 1 aliphatic carbocycles. The van der Waals surface area contributed by atoms with Gasteiger partial charge in [-0.25, -0.2) is 9.89 Å². The summed E-state index contributed by atoms with van der Waals surface area (Å²) in [6, 6.07) is 0.518. The van der Waals surface area contributed by atoms with Gasteiger partial charge in [-0.1, -0.05) is 32.0 Å². The fourth-order valence-corrected chi connectivity index (χ4v) is 4.47. The molecule has 0 aromatic carbocycles. The van der Waals surface area contributed by atoms with Gasteiger partial charge in [0.05, 0.1) is 0 Å². The molecular weight excluding hydrogens is 272 g/mol. The van der Waals surface area contributed by atoms with E-state index in [1.54, 1.807) is 16.3 Å². The Balaban J connectivity index is 2.11. The van der Waals surface area contributed by atoms with Crippen molar-refractivity contribution >= 4 is 11.8 Å². The zero-order chi connectivity index (χ0) is 14.5. The molecule has 1 aromatic heterocycles. The third-order valence-corrected chi connectivity index (χ3v) is 5.62. The molecule has 2 N–H and O–H groups in total. The van der Waals surface area contributed by atoms with E-state index in [0.717, 1.165) is 24.0 Å². The maximum absolute atomic E-state index is 11.8. The second-order valence-corrected chi connectivity index (χ2v) is 6.81. The largest absolute Gasteiger partial charge is 0.343 e. The molecule has 2 rings (SSSR count). The first-order valence-corrected chi connectivity index (χ1v) is 8.56. The second-order valence-electron chi connectivity index (χ2n) is 5.60. The monoisotopic (exact) mass is 298 g/mol. The van der Waals surface area contributed by atoms with Crippen molar-refractivity contribution < 1.29 is 0 Å². The van der Waals surface area contributed by atoms with E-state index >= 15 is 0 Å². The highest BCUT2D eigenvalue weighted by Gasteiger charge is 2.30. The van der Waals surface area contributed by atoms with Gasteiger partial charge in [0.1, 0.15) is 0 Å². The van der Waals surface area contributed by atoms with E-state index in [1.165, 1.54) is 25.7 Å². The van der Waals surface area contributed by atoms with E-state index in [-0.39, 0.29) is 5.69 Å². The number of hydrogen-bond donors (Lipinski definition) is 2. The van der Waals surface area contributed by atoms with Crippen molar-refractivity contribution in [1.82, 2.24) is 20.1 Å². The van der Waals surface area contributed by atoms with E-state index in [1.807, 2.05) is 7.05 Å². The van der Waals surface area contributed by atoms with Crippen molar-refractivity contribution in [2.45, 2.75) is 68.9 Å². The number of nitrogens with zero attached hydrogens (tertiary/aromatic N) is 2. The van der Waals surface area contributed by atoms with Gasteiger partial charge >= 0.3 is 5.69 Å². The average Bonchev–Trinajstić information content (AvgIpc) is 2.80. The molecule has 0 amide bonds. The number of thioether (sulfide) groups is 1. The first kappa shape index (κ1) is 15.6. The van der Waals surface area contributed by atoms with Gasteiger partial charge in [-0.15, -0.1) is 5.10 Å². The minimum Gasteiger partial charge on any atom is -0.316 e. The lowest BCUT2D eigenvalue weighted by molar-refractivity contribution is 0.304. The molecule has 1 heterocycles. The quantitative estimate of drug-likeness (QED) is 0.845. The molecule has 0 aliphatic heterocycles. The van der Waals surface area contributed by atoms with E-state index < -0.39 is 0 Å². The number of hydrogen-bond acceptors (Lipinski definition) is 4. The lowest BCUT2D eigenvalue weighted by Gasteiger charge is -2.35. The Morgan fingerprint density at radius 3 is 2.90 bits per heavy atom. The van der Waals surface area contributed by atoms with Crippen LogP contribution in [0.2, 0.25) is 0 Å². The first-order valence-electron chi connectivity index (χ1n) is 7.68. The molecule has 0 bridgehead atoms. The van der Waals surface area contributed by atoms with Crippen LogP contribution in [0.15, 0.2) is 9.95 Å². The Labute approximate surface area is 124 Å². The average molecular weight is 298 g/mol. The Morgan fingerprint density at radius 1 is 1.45 bits per heavy atom. The summed E-state index contributed by atoms with van der Waals surface area (Å²) in [5.41, 5.74) is -0.0850. The Kier molecular flexibility index (Phi) is 5.72. The smallest absolute Gasteiger partial charge is 0.316 e. The maximum Gasteiger partial charge on any atom is 0.343 e. The normalized spacial score (nSPS) is 26.9. The molecule has 1 aromatic rings.